The Kier molecular flexibility index (Phi) is 5.14. The van der Waals surface area contributed by atoms with Gasteiger partial charge in [-0.2, -0.15) is 0 Å². The van der Waals surface area contributed by atoms with Crippen molar-refractivity contribution < 1.29 is 19.1 Å². The Morgan fingerprint density at radius 1 is 1.00 bits per heavy atom. The Balaban J connectivity index is 1.64. The van der Waals surface area contributed by atoms with Gasteiger partial charge in [0.2, 0.25) is 5.91 Å². The fraction of sp³-hybridized carbons (Fsp3) is 0.556. The van der Waals surface area contributed by atoms with Crippen molar-refractivity contribution in [1.29, 1.82) is 0 Å². The number of benzene rings is 1. The molecule has 1 aliphatic carbocycles. The lowest BCUT2D eigenvalue weighted by atomic mass is 10.0. The molecule has 2 aliphatic rings. The highest BCUT2D eigenvalue weighted by atomic mass is 19.1. The molecule has 6 heteroatoms. The lowest BCUT2D eigenvalue weighted by Crippen LogP contribution is -2.41. The standard InChI is InChI=1S/C18H23FN2O3/c19-15-7-2-1-5-13(15)17(23)20-9-4-10-21(12-11-20)18(24)14-6-3-8-16(14)22/h1-2,5,7,14,16,22H,3-4,6,8-12H2. The summed E-state index contributed by atoms with van der Waals surface area (Å²) in [6.07, 6.45) is 2.41. The molecule has 1 aliphatic heterocycles. The number of hydrogen-bond acceptors (Lipinski definition) is 3. The van der Waals surface area contributed by atoms with Crippen LogP contribution in [0.25, 0.3) is 0 Å². The molecule has 1 saturated heterocycles. The van der Waals surface area contributed by atoms with Gasteiger partial charge >= 0.3 is 0 Å². The van der Waals surface area contributed by atoms with Crippen molar-refractivity contribution in [2.45, 2.75) is 31.8 Å². The van der Waals surface area contributed by atoms with Crippen LogP contribution < -0.4 is 0 Å². The highest BCUT2D eigenvalue weighted by Crippen LogP contribution is 2.27. The lowest BCUT2D eigenvalue weighted by Gasteiger charge is -2.26. The minimum atomic E-state index is -0.545. The molecule has 1 N–H and O–H groups in total. The second-order valence-corrected chi connectivity index (χ2v) is 6.56. The lowest BCUT2D eigenvalue weighted by molar-refractivity contribution is -0.138. The van der Waals surface area contributed by atoms with E-state index in [1.54, 1.807) is 21.9 Å². The minimum Gasteiger partial charge on any atom is -0.392 e. The summed E-state index contributed by atoms with van der Waals surface area (Å²) >= 11 is 0. The van der Waals surface area contributed by atoms with Gasteiger partial charge in [0, 0.05) is 26.2 Å². The van der Waals surface area contributed by atoms with Crippen LogP contribution in [-0.4, -0.2) is 59.0 Å². The second-order valence-electron chi connectivity index (χ2n) is 6.56. The normalized spacial score (nSPS) is 24.8. The average molecular weight is 334 g/mol. The molecule has 2 amide bonds. The van der Waals surface area contributed by atoms with Crippen LogP contribution in [0.2, 0.25) is 0 Å². The van der Waals surface area contributed by atoms with E-state index in [0.717, 1.165) is 12.8 Å². The molecule has 0 radical (unpaired) electrons. The van der Waals surface area contributed by atoms with Gasteiger partial charge in [0.25, 0.3) is 5.91 Å². The number of aliphatic hydroxyl groups excluding tert-OH is 1. The van der Waals surface area contributed by atoms with Crippen LogP contribution in [0.4, 0.5) is 4.39 Å². The second kappa shape index (κ2) is 7.30. The highest BCUT2D eigenvalue weighted by molar-refractivity contribution is 5.94. The summed E-state index contributed by atoms with van der Waals surface area (Å²) in [5, 5.41) is 9.93. The molecule has 0 bridgehead atoms. The van der Waals surface area contributed by atoms with Crippen LogP contribution in [0.1, 0.15) is 36.0 Å². The van der Waals surface area contributed by atoms with E-state index in [-0.39, 0.29) is 23.3 Å². The SMILES string of the molecule is O=C(c1ccccc1F)N1CCCN(C(=O)C2CCCC2O)CC1. The Labute approximate surface area is 141 Å². The summed E-state index contributed by atoms with van der Waals surface area (Å²) in [5.74, 6) is -1.17. The number of amides is 2. The molecular formula is C18H23FN2O3. The van der Waals surface area contributed by atoms with E-state index in [1.165, 1.54) is 12.1 Å². The van der Waals surface area contributed by atoms with E-state index in [1.807, 2.05) is 0 Å². The largest absolute Gasteiger partial charge is 0.392 e. The summed E-state index contributed by atoms with van der Waals surface area (Å²) in [4.78, 5) is 28.4. The highest BCUT2D eigenvalue weighted by Gasteiger charge is 2.35. The first-order chi connectivity index (χ1) is 11.6. The molecule has 1 heterocycles. The summed E-state index contributed by atoms with van der Waals surface area (Å²) in [6, 6.07) is 5.97. The van der Waals surface area contributed by atoms with Crippen molar-refractivity contribution in [3.8, 4) is 0 Å². The van der Waals surface area contributed by atoms with Gasteiger partial charge in [-0.1, -0.05) is 12.1 Å². The van der Waals surface area contributed by atoms with E-state index in [4.69, 9.17) is 0 Å². The summed E-state index contributed by atoms with van der Waals surface area (Å²) in [5.41, 5.74) is 0.0727. The van der Waals surface area contributed by atoms with Gasteiger partial charge < -0.3 is 14.9 Å². The Morgan fingerprint density at radius 2 is 1.71 bits per heavy atom. The molecule has 2 fully saturated rings. The van der Waals surface area contributed by atoms with E-state index in [2.05, 4.69) is 0 Å². The first-order valence-corrected chi connectivity index (χ1v) is 8.58. The average Bonchev–Trinajstić information content (AvgIpc) is 2.86. The molecule has 3 rings (SSSR count). The zero-order chi connectivity index (χ0) is 17.1. The molecule has 1 aromatic rings. The predicted octanol–water partition coefficient (Wildman–Crippen LogP) is 1.66. The third-order valence-corrected chi connectivity index (χ3v) is 5.00. The molecule has 130 valence electrons. The van der Waals surface area contributed by atoms with Crippen molar-refractivity contribution in [2.75, 3.05) is 26.2 Å². The molecule has 1 saturated carbocycles. The Morgan fingerprint density at radius 3 is 2.42 bits per heavy atom. The van der Waals surface area contributed by atoms with Gasteiger partial charge in [-0.15, -0.1) is 0 Å². The van der Waals surface area contributed by atoms with Gasteiger partial charge in [0.15, 0.2) is 0 Å². The summed E-state index contributed by atoms with van der Waals surface area (Å²) in [6.45, 7) is 1.90. The predicted molar refractivity (Wildman–Crippen MR) is 86.8 cm³/mol. The zero-order valence-electron chi connectivity index (χ0n) is 13.7. The Bertz CT molecular complexity index is 622. The van der Waals surface area contributed by atoms with Crippen LogP contribution in [-0.2, 0) is 4.79 Å². The summed E-state index contributed by atoms with van der Waals surface area (Å²) in [7, 11) is 0. The van der Waals surface area contributed by atoms with Crippen molar-refractivity contribution in [3.63, 3.8) is 0 Å². The zero-order valence-corrected chi connectivity index (χ0v) is 13.7. The Hall–Kier alpha value is -1.95. The van der Waals surface area contributed by atoms with Crippen LogP contribution in [0.15, 0.2) is 24.3 Å². The van der Waals surface area contributed by atoms with E-state index < -0.39 is 11.9 Å². The van der Waals surface area contributed by atoms with Gasteiger partial charge in [-0.05, 0) is 37.8 Å². The third kappa shape index (κ3) is 3.43. The number of halogens is 1. The number of carbonyl (C=O) groups excluding carboxylic acids is 2. The monoisotopic (exact) mass is 334 g/mol. The fourth-order valence-corrected chi connectivity index (χ4v) is 3.61. The molecule has 1 aromatic carbocycles. The number of carbonyl (C=O) groups is 2. The molecule has 2 unspecified atom stereocenters. The van der Waals surface area contributed by atoms with E-state index in [9.17, 15) is 19.1 Å². The molecule has 2 atom stereocenters. The van der Waals surface area contributed by atoms with Crippen molar-refractivity contribution in [1.82, 2.24) is 9.80 Å². The van der Waals surface area contributed by atoms with Crippen LogP contribution in [0, 0.1) is 11.7 Å². The maximum Gasteiger partial charge on any atom is 0.256 e. The topological polar surface area (TPSA) is 60.9 Å². The number of hydrogen-bond donors (Lipinski definition) is 1. The first kappa shape index (κ1) is 16.9. The van der Waals surface area contributed by atoms with Gasteiger partial charge in [-0.25, -0.2) is 4.39 Å². The molecule has 0 spiro atoms. The maximum absolute atomic E-state index is 13.8. The minimum absolute atomic E-state index is 0.0137. The van der Waals surface area contributed by atoms with Crippen molar-refractivity contribution >= 4 is 11.8 Å². The van der Waals surface area contributed by atoms with Gasteiger partial charge in [-0.3, -0.25) is 9.59 Å². The molecule has 0 aromatic heterocycles. The number of aliphatic hydroxyl groups is 1. The van der Waals surface area contributed by atoms with Gasteiger partial charge in [0.05, 0.1) is 17.6 Å². The number of rotatable bonds is 2. The quantitative estimate of drug-likeness (QED) is 0.895. The smallest absolute Gasteiger partial charge is 0.256 e. The van der Waals surface area contributed by atoms with Crippen molar-refractivity contribution in [2.24, 2.45) is 5.92 Å². The molecule has 5 nitrogen and oxygen atoms in total. The van der Waals surface area contributed by atoms with Gasteiger partial charge in [0.1, 0.15) is 5.82 Å². The van der Waals surface area contributed by atoms with E-state index >= 15 is 0 Å². The fourth-order valence-electron chi connectivity index (χ4n) is 3.61. The van der Waals surface area contributed by atoms with Crippen molar-refractivity contribution in [3.05, 3.63) is 35.6 Å². The maximum atomic E-state index is 13.8. The van der Waals surface area contributed by atoms with Crippen LogP contribution in [0.5, 0.6) is 0 Å². The first-order valence-electron chi connectivity index (χ1n) is 8.58. The molecular weight excluding hydrogens is 311 g/mol. The number of nitrogens with zero attached hydrogens (tertiary/aromatic N) is 2. The van der Waals surface area contributed by atoms with Crippen LogP contribution in [0.3, 0.4) is 0 Å². The van der Waals surface area contributed by atoms with E-state index in [0.29, 0.717) is 39.0 Å². The third-order valence-electron chi connectivity index (χ3n) is 5.00. The van der Waals surface area contributed by atoms with Crippen LogP contribution >= 0.6 is 0 Å². The molecule has 24 heavy (non-hydrogen) atoms. The summed E-state index contributed by atoms with van der Waals surface area (Å²) < 4.78 is 13.8.